The second-order valence-electron chi connectivity index (χ2n) is 3.45. The summed E-state index contributed by atoms with van der Waals surface area (Å²) in [5, 5.41) is 3.44. The van der Waals surface area contributed by atoms with E-state index in [1.165, 1.54) is 30.6 Å². The molecular weight excluding hydrogens is 192 g/mol. The molecule has 0 saturated heterocycles. The number of hydrogen-bond donors (Lipinski definition) is 2. The van der Waals surface area contributed by atoms with Crippen LogP contribution in [-0.2, 0) is 6.54 Å². The van der Waals surface area contributed by atoms with E-state index < -0.39 is 0 Å². The van der Waals surface area contributed by atoms with E-state index >= 15 is 0 Å². The minimum Gasteiger partial charge on any atom is -0.367 e. The number of nitrogens with one attached hydrogen (secondary N) is 2. The molecule has 0 aromatic carbocycles. The van der Waals surface area contributed by atoms with E-state index in [1.807, 2.05) is 24.2 Å². The van der Waals surface area contributed by atoms with Gasteiger partial charge in [0.1, 0.15) is 0 Å². The predicted molar refractivity (Wildman–Crippen MR) is 64.7 cm³/mol. The summed E-state index contributed by atoms with van der Waals surface area (Å²) < 4.78 is 0. The molecule has 0 bridgehead atoms. The van der Waals surface area contributed by atoms with Crippen LogP contribution in [0.4, 0.5) is 0 Å². The molecule has 3 heteroatoms. The van der Waals surface area contributed by atoms with E-state index in [9.17, 15) is 0 Å². The Morgan fingerprint density at radius 1 is 1.36 bits per heavy atom. The maximum Gasteiger partial charge on any atom is 0.0220 e. The highest BCUT2D eigenvalue weighted by Gasteiger charge is 1.92. The molecule has 80 valence electrons. The third kappa shape index (κ3) is 5.35. The van der Waals surface area contributed by atoms with Crippen LogP contribution in [0.3, 0.4) is 0 Å². The molecule has 1 heterocycles. The molecule has 0 fully saturated rings. The molecule has 0 atom stereocenters. The average molecular weight is 212 g/mol. The first-order chi connectivity index (χ1) is 6.93. The Morgan fingerprint density at radius 3 is 3.00 bits per heavy atom. The van der Waals surface area contributed by atoms with Gasteiger partial charge in [0.05, 0.1) is 0 Å². The van der Waals surface area contributed by atoms with Gasteiger partial charge in [-0.3, -0.25) is 0 Å². The molecule has 0 aliphatic carbocycles. The molecule has 0 unspecified atom stereocenters. The lowest BCUT2D eigenvalue weighted by Gasteiger charge is -2.02. The van der Waals surface area contributed by atoms with Crippen molar-refractivity contribution in [3.05, 3.63) is 24.0 Å². The molecule has 0 spiro atoms. The van der Waals surface area contributed by atoms with Crippen molar-refractivity contribution in [3.8, 4) is 0 Å². The van der Waals surface area contributed by atoms with Gasteiger partial charge in [-0.2, -0.15) is 11.8 Å². The smallest absolute Gasteiger partial charge is 0.0220 e. The highest BCUT2D eigenvalue weighted by atomic mass is 32.2. The first kappa shape index (κ1) is 11.7. The van der Waals surface area contributed by atoms with E-state index in [4.69, 9.17) is 0 Å². The van der Waals surface area contributed by atoms with E-state index in [1.54, 1.807) is 0 Å². The van der Waals surface area contributed by atoms with Crippen molar-refractivity contribution in [2.24, 2.45) is 0 Å². The standard InChI is InChI=1S/C11H20N2S/c1-14-8-4-2-3-6-12-9-11-5-7-13-10-11/h5,7,10,12-13H,2-4,6,8-9H2,1H3. The summed E-state index contributed by atoms with van der Waals surface area (Å²) in [7, 11) is 0. The Bertz CT molecular complexity index is 209. The summed E-state index contributed by atoms with van der Waals surface area (Å²) in [5.41, 5.74) is 1.34. The van der Waals surface area contributed by atoms with Crippen LogP contribution in [0.15, 0.2) is 18.5 Å². The van der Waals surface area contributed by atoms with E-state index in [0.29, 0.717) is 0 Å². The van der Waals surface area contributed by atoms with Crippen molar-refractivity contribution in [1.82, 2.24) is 10.3 Å². The molecule has 1 aromatic rings. The van der Waals surface area contributed by atoms with Gasteiger partial charge in [0.25, 0.3) is 0 Å². The van der Waals surface area contributed by atoms with Gasteiger partial charge in [-0.25, -0.2) is 0 Å². The van der Waals surface area contributed by atoms with Crippen LogP contribution in [-0.4, -0.2) is 23.5 Å². The topological polar surface area (TPSA) is 27.8 Å². The maximum absolute atomic E-state index is 3.44. The molecule has 2 nitrogen and oxygen atoms in total. The zero-order chi connectivity index (χ0) is 10.1. The van der Waals surface area contributed by atoms with Gasteiger partial charge in [-0.1, -0.05) is 6.42 Å². The molecule has 0 amide bonds. The second-order valence-corrected chi connectivity index (χ2v) is 4.44. The Morgan fingerprint density at radius 2 is 2.29 bits per heavy atom. The van der Waals surface area contributed by atoms with Gasteiger partial charge in [0.2, 0.25) is 0 Å². The van der Waals surface area contributed by atoms with Crippen LogP contribution >= 0.6 is 11.8 Å². The molecule has 0 aliphatic rings. The fraction of sp³-hybridized carbons (Fsp3) is 0.636. The molecule has 1 rings (SSSR count). The van der Waals surface area contributed by atoms with Crippen LogP contribution in [0.5, 0.6) is 0 Å². The lowest BCUT2D eigenvalue weighted by molar-refractivity contribution is 0.619. The zero-order valence-corrected chi connectivity index (χ0v) is 9.70. The van der Waals surface area contributed by atoms with Crippen LogP contribution < -0.4 is 5.32 Å². The molecule has 1 aromatic heterocycles. The molecule has 0 saturated carbocycles. The fourth-order valence-corrected chi connectivity index (χ4v) is 1.87. The number of thioether (sulfide) groups is 1. The van der Waals surface area contributed by atoms with Crippen molar-refractivity contribution in [2.75, 3.05) is 18.6 Å². The van der Waals surface area contributed by atoms with Crippen LogP contribution in [0.2, 0.25) is 0 Å². The van der Waals surface area contributed by atoms with E-state index in [2.05, 4.69) is 22.6 Å². The molecule has 2 N–H and O–H groups in total. The van der Waals surface area contributed by atoms with Crippen molar-refractivity contribution in [1.29, 1.82) is 0 Å². The maximum atomic E-state index is 3.44. The summed E-state index contributed by atoms with van der Waals surface area (Å²) >= 11 is 1.94. The van der Waals surface area contributed by atoms with Crippen molar-refractivity contribution >= 4 is 11.8 Å². The minimum atomic E-state index is 0.992. The molecule has 0 radical (unpaired) electrons. The Hall–Kier alpha value is -0.410. The monoisotopic (exact) mass is 212 g/mol. The Balaban J connectivity index is 1.85. The van der Waals surface area contributed by atoms with Gasteiger partial charge in [0, 0.05) is 18.9 Å². The number of unbranched alkanes of at least 4 members (excludes halogenated alkanes) is 2. The van der Waals surface area contributed by atoms with Gasteiger partial charge in [-0.05, 0) is 43.0 Å². The summed E-state index contributed by atoms with van der Waals surface area (Å²) in [5.74, 6) is 1.30. The predicted octanol–water partition coefficient (Wildman–Crippen LogP) is 2.64. The SMILES string of the molecule is CSCCCCCNCc1cc[nH]c1. The second kappa shape index (κ2) is 7.94. The lowest BCUT2D eigenvalue weighted by Crippen LogP contribution is -2.14. The van der Waals surface area contributed by atoms with Crippen molar-refractivity contribution in [2.45, 2.75) is 25.8 Å². The van der Waals surface area contributed by atoms with E-state index in [-0.39, 0.29) is 0 Å². The first-order valence-electron chi connectivity index (χ1n) is 5.25. The van der Waals surface area contributed by atoms with Crippen LogP contribution in [0.25, 0.3) is 0 Å². The van der Waals surface area contributed by atoms with Crippen LogP contribution in [0.1, 0.15) is 24.8 Å². The largest absolute Gasteiger partial charge is 0.367 e. The Labute approximate surface area is 90.9 Å². The van der Waals surface area contributed by atoms with Crippen molar-refractivity contribution in [3.63, 3.8) is 0 Å². The zero-order valence-electron chi connectivity index (χ0n) is 8.88. The molecule has 0 aliphatic heterocycles. The van der Waals surface area contributed by atoms with Gasteiger partial charge >= 0.3 is 0 Å². The van der Waals surface area contributed by atoms with Gasteiger partial charge in [0.15, 0.2) is 0 Å². The number of aromatic amines is 1. The third-order valence-corrected chi connectivity index (χ3v) is 2.89. The Kier molecular flexibility index (Phi) is 6.62. The quantitative estimate of drug-likeness (QED) is 0.648. The average Bonchev–Trinajstić information content (AvgIpc) is 2.69. The highest BCUT2D eigenvalue weighted by molar-refractivity contribution is 7.98. The minimum absolute atomic E-state index is 0.992. The van der Waals surface area contributed by atoms with Crippen molar-refractivity contribution < 1.29 is 0 Å². The first-order valence-corrected chi connectivity index (χ1v) is 6.64. The normalized spacial score (nSPS) is 10.6. The fourth-order valence-electron chi connectivity index (χ4n) is 1.37. The van der Waals surface area contributed by atoms with Gasteiger partial charge in [-0.15, -0.1) is 0 Å². The number of rotatable bonds is 8. The summed E-state index contributed by atoms with van der Waals surface area (Å²) in [6.45, 7) is 2.13. The summed E-state index contributed by atoms with van der Waals surface area (Å²) in [6.07, 6.45) is 10.2. The lowest BCUT2D eigenvalue weighted by atomic mass is 10.2. The van der Waals surface area contributed by atoms with E-state index in [0.717, 1.165) is 13.1 Å². The summed E-state index contributed by atoms with van der Waals surface area (Å²) in [6, 6.07) is 2.11. The number of hydrogen-bond acceptors (Lipinski definition) is 2. The summed E-state index contributed by atoms with van der Waals surface area (Å²) in [4.78, 5) is 3.06. The highest BCUT2D eigenvalue weighted by Crippen LogP contribution is 2.01. The number of H-pyrrole nitrogens is 1. The number of aromatic nitrogens is 1. The molecular formula is C11H20N2S. The molecule has 14 heavy (non-hydrogen) atoms. The van der Waals surface area contributed by atoms with Crippen LogP contribution in [0, 0.1) is 0 Å². The third-order valence-electron chi connectivity index (χ3n) is 2.19. The van der Waals surface area contributed by atoms with Gasteiger partial charge < -0.3 is 10.3 Å².